The number of ether oxygens (including phenoxy) is 2. The number of rotatable bonds is 12. The lowest BCUT2D eigenvalue weighted by atomic mass is 9.96. The molecule has 5 aromatic rings. The van der Waals surface area contributed by atoms with E-state index in [1.54, 1.807) is 13.0 Å². The molecule has 1 aliphatic rings. The molecule has 0 bridgehead atoms. The highest BCUT2D eigenvalue weighted by molar-refractivity contribution is 5.91. The molecule has 10 nitrogen and oxygen atoms in total. The minimum absolute atomic E-state index is 0.0575. The molecule has 2 atom stereocenters. The molecule has 0 saturated heterocycles. The summed E-state index contributed by atoms with van der Waals surface area (Å²) in [7, 11) is 0. The average molecular weight is 621 g/mol. The number of aromatic amines is 1. The standard InChI is InChI=1S/C36H40N6O4/c1-4-10-33-32(21-25-16-18-26(19-17-25)29-12-8-9-14-31(29)34-37-39-40-38-34)35(43)42-28(20-15-24(3)41(33)42)23-45-22-27-11-6-7-13-30(27)36(44)46-5-2/h6-9,11-14,16-19,24,28H,4-5,10,15,20-23H2,1-3H3,(H,37,38,39,40). The highest BCUT2D eigenvalue weighted by atomic mass is 16.5. The van der Waals surface area contributed by atoms with Gasteiger partial charge in [0.15, 0.2) is 0 Å². The molecule has 0 saturated carbocycles. The highest BCUT2D eigenvalue weighted by Crippen LogP contribution is 2.33. The summed E-state index contributed by atoms with van der Waals surface area (Å²) < 4.78 is 15.6. The van der Waals surface area contributed by atoms with Gasteiger partial charge in [-0.2, -0.15) is 5.21 Å². The molecule has 0 amide bonds. The summed E-state index contributed by atoms with van der Waals surface area (Å²) in [5.74, 6) is 0.198. The smallest absolute Gasteiger partial charge is 0.338 e. The molecule has 10 heteroatoms. The maximum Gasteiger partial charge on any atom is 0.338 e. The van der Waals surface area contributed by atoms with Crippen LogP contribution in [-0.4, -0.2) is 49.2 Å². The first-order chi connectivity index (χ1) is 22.5. The van der Waals surface area contributed by atoms with E-state index in [0.29, 0.717) is 31.0 Å². The Morgan fingerprint density at radius 2 is 1.72 bits per heavy atom. The van der Waals surface area contributed by atoms with Crippen LogP contribution >= 0.6 is 0 Å². The Morgan fingerprint density at radius 1 is 0.957 bits per heavy atom. The number of hydrogen-bond acceptors (Lipinski definition) is 7. The first kappa shape index (κ1) is 31.2. The summed E-state index contributed by atoms with van der Waals surface area (Å²) in [6.07, 6.45) is 4.15. The number of aromatic nitrogens is 6. The highest BCUT2D eigenvalue weighted by Gasteiger charge is 2.31. The van der Waals surface area contributed by atoms with Gasteiger partial charge in [0.1, 0.15) is 0 Å². The van der Waals surface area contributed by atoms with Crippen molar-refractivity contribution in [3.05, 3.63) is 111 Å². The number of carbonyl (C=O) groups excluding carboxylic acids is 1. The molecule has 3 aromatic carbocycles. The van der Waals surface area contributed by atoms with Crippen molar-refractivity contribution in [2.75, 3.05) is 13.2 Å². The number of nitrogens with zero attached hydrogens (tertiary/aromatic N) is 5. The second kappa shape index (κ2) is 14.1. The molecular weight excluding hydrogens is 580 g/mol. The summed E-state index contributed by atoms with van der Waals surface area (Å²) in [5.41, 5.74) is 7.36. The lowest BCUT2D eigenvalue weighted by Crippen LogP contribution is -2.36. The van der Waals surface area contributed by atoms with Crippen LogP contribution in [0.15, 0.2) is 77.6 Å². The van der Waals surface area contributed by atoms with E-state index in [4.69, 9.17) is 9.47 Å². The number of carbonyl (C=O) groups is 1. The molecule has 6 rings (SSSR count). The van der Waals surface area contributed by atoms with E-state index in [1.807, 2.05) is 47.1 Å². The SMILES string of the molecule is CCCc1c(Cc2ccc(-c3ccccc3-c3nn[nH]n3)cc2)c(=O)n2n1C(C)CCC2COCc1ccccc1C(=O)OCC. The fourth-order valence-electron chi connectivity index (χ4n) is 6.53. The molecule has 0 spiro atoms. The van der Waals surface area contributed by atoms with Crippen molar-refractivity contribution in [1.82, 2.24) is 30.0 Å². The zero-order chi connectivity index (χ0) is 32.0. The number of benzene rings is 3. The summed E-state index contributed by atoms with van der Waals surface area (Å²) in [6.45, 7) is 7.12. The fourth-order valence-corrected chi connectivity index (χ4v) is 6.53. The second-order valence-corrected chi connectivity index (χ2v) is 11.8. The van der Waals surface area contributed by atoms with Gasteiger partial charge in [-0.3, -0.25) is 9.48 Å². The van der Waals surface area contributed by atoms with Gasteiger partial charge in [-0.05, 0) is 66.6 Å². The van der Waals surface area contributed by atoms with Gasteiger partial charge < -0.3 is 9.47 Å². The quantitative estimate of drug-likeness (QED) is 0.162. The minimum Gasteiger partial charge on any atom is -0.462 e. The minimum atomic E-state index is -0.351. The van der Waals surface area contributed by atoms with Gasteiger partial charge in [-0.25, -0.2) is 9.48 Å². The van der Waals surface area contributed by atoms with Gasteiger partial charge >= 0.3 is 5.97 Å². The predicted molar refractivity (Wildman–Crippen MR) is 176 cm³/mol. The van der Waals surface area contributed by atoms with Gasteiger partial charge in [-0.1, -0.05) is 80.1 Å². The summed E-state index contributed by atoms with van der Waals surface area (Å²) >= 11 is 0. The third-order valence-corrected chi connectivity index (χ3v) is 8.73. The van der Waals surface area contributed by atoms with Crippen LogP contribution in [0.4, 0.5) is 0 Å². The number of tetrazole rings is 1. The first-order valence-corrected chi connectivity index (χ1v) is 16.1. The molecule has 0 fully saturated rings. The van der Waals surface area contributed by atoms with Gasteiger partial charge in [0.05, 0.1) is 31.4 Å². The topological polar surface area (TPSA) is 117 Å². The van der Waals surface area contributed by atoms with E-state index >= 15 is 0 Å². The van der Waals surface area contributed by atoms with Gasteiger partial charge in [0.2, 0.25) is 5.82 Å². The van der Waals surface area contributed by atoms with Crippen molar-refractivity contribution in [3.63, 3.8) is 0 Å². The van der Waals surface area contributed by atoms with Crippen LogP contribution in [0.2, 0.25) is 0 Å². The van der Waals surface area contributed by atoms with Crippen molar-refractivity contribution in [2.45, 2.75) is 71.6 Å². The Labute approximate surface area is 268 Å². The average Bonchev–Trinajstić information content (AvgIpc) is 3.71. The van der Waals surface area contributed by atoms with Crippen molar-refractivity contribution < 1.29 is 14.3 Å². The van der Waals surface area contributed by atoms with E-state index in [9.17, 15) is 9.59 Å². The zero-order valence-electron chi connectivity index (χ0n) is 26.6. The molecule has 0 aliphatic carbocycles. The first-order valence-electron chi connectivity index (χ1n) is 16.1. The third kappa shape index (κ3) is 6.30. The van der Waals surface area contributed by atoms with Crippen LogP contribution in [0, 0.1) is 0 Å². The number of H-pyrrole nitrogens is 1. The molecule has 0 radical (unpaired) electrons. The predicted octanol–water partition coefficient (Wildman–Crippen LogP) is 6.33. The molecular formula is C36H40N6O4. The maximum atomic E-state index is 14.2. The van der Waals surface area contributed by atoms with Crippen LogP contribution < -0.4 is 5.56 Å². The van der Waals surface area contributed by atoms with Crippen LogP contribution in [0.1, 0.15) is 84.9 Å². The summed E-state index contributed by atoms with van der Waals surface area (Å²) in [6, 6.07) is 23.9. The van der Waals surface area contributed by atoms with Crippen LogP contribution in [0.3, 0.4) is 0 Å². The van der Waals surface area contributed by atoms with Crippen molar-refractivity contribution >= 4 is 5.97 Å². The van der Waals surface area contributed by atoms with E-state index in [1.165, 1.54) is 0 Å². The summed E-state index contributed by atoms with van der Waals surface area (Å²) in [5, 5.41) is 14.6. The van der Waals surface area contributed by atoms with Crippen molar-refractivity contribution in [1.29, 1.82) is 0 Å². The van der Waals surface area contributed by atoms with Gasteiger partial charge in [-0.15, -0.1) is 10.2 Å². The number of nitrogens with one attached hydrogen (secondary N) is 1. The van der Waals surface area contributed by atoms with Gasteiger partial charge in [0.25, 0.3) is 5.56 Å². The Morgan fingerprint density at radius 3 is 2.46 bits per heavy atom. The van der Waals surface area contributed by atoms with E-state index < -0.39 is 0 Å². The summed E-state index contributed by atoms with van der Waals surface area (Å²) in [4.78, 5) is 26.6. The number of hydrogen-bond donors (Lipinski definition) is 1. The molecule has 2 aromatic heterocycles. The Bertz CT molecular complexity index is 1840. The van der Waals surface area contributed by atoms with E-state index in [2.05, 4.69) is 63.4 Å². The van der Waals surface area contributed by atoms with Crippen LogP contribution in [0.25, 0.3) is 22.5 Å². The van der Waals surface area contributed by atoms with Crippen molar-refractivity contribution in [2.24, 2.45) is 0 Å². The maximum absolute atomic E-state index is 14.2. The monoisotopic (exact) mass is 620 g/mol. The molecule has 46 heavy (non-hydrogen) atoms. The van der Waals surface area contributed by atoms with E-state index in [0.717, 1.165) is 64.8 Å². The fraction of sp³-hybridized carbons (Fsp3) is 0.361. The molecule has 1 aliphatic heterocycles. The van der Waals surface area contributed by atoms with Crippen LogP contribution in [-0.2, 0) is 28.9 Å². The molecule has 238 valence electrons. The molecule has 3 heterocycles. The Kier molecular flexibility index (Phi) is 9.54. The zero-order valence-corrected chi connectivity index (χ0v) is 26.6. The number of esters is 1. The third-order valence-electron chi connectivity index (χ3n) is 8.73. The molecule has 1 N–H and O–H groups in total. The normalized spacial score (nSPS) is 15.9. The molecule has 2 unspecified atom stereocenters. The Hall–Kier alpha value is -4.83. The lowest BCUT2D eigenvalue weighted by Gasteiger charge is -2.32. The van der Waals surface area contributed by atoms with Crippen molar-refractivity contribution in [3.8, 4) is 22.5 Å². The Balaban J connectivity index is 1.24. The number of fused-ring (bicyclic) bond motifs is 1. The largest absolute Gasteiger partial charge is 0.462 e. The van der Waals surface area contributed by atoms with Crippen LogP contribution in [0.5, 0.6) is 0 Å². The lowest BCUT2D eigenvalue weighted by molar-refractivity contribution is 0.0496. The van der Waals surface area contributed by atoms with E-state index in [-0.39, 0.29) is 30.2 Å². The second-order valence-electron chi connectivity index (χ2n) is 11.8. The van der Waals surface area contributed by atoms with Gasteiger partial charge in [0, 0.05) is 29.3 Å².